The number of nitrogens with zero attached hydrogens (tertiary/aromatic N) is 1. The Balaban J connectivity index is 1.49. The molecule has 1 atom stereocenters. The normalized spacial score (nSPS) is 13.2. The van der Waals surface area contributed by atoms with Crippen molar-refractivity contribution >= 4 is 29.5 Å². The summed E-state index contributed by atoms with van der Waals surface area (Å²) in [6, 6.07) is 8.55. The third-order valence-corrected chi connectivity index (χ3v) is 6.34. The van der Waals surface area contributed by atoms with Gasteiger partial charge in [-0.2, -0.15) is 0 Å². The highest BCUT2D eigenvalue weighted by molar-refractivity contribution is 6.21. The third kappa shape index (κ3) is 6.80. The van der Waals surface area contributed by atoms with Gasteiger partial charge in [-0.05, 0) is 48.6 Å². The fourth-order valence-electron chi connectivity index (χ4n) is 4.30. The maximum absolute atomic E-state index is 14.0. The Labute approximate surface area is 219 Å². The first-order valence-electron chi connectivity index (χ1n) is 12.4. The highest BCUT2D eigenvalue weighted by atomic mass is 19.1. The molecule has 0 unspecified atom stereocenters. The van der Waals surface area contributed by atoms with Gasteiger partial charge in [-0.25, -0.2) is 9.87 Å². The van der Waals surface area contributed by atoms with Gasteiger partial charge in [0.25, 0.3) is 17.7 Å². The highest BCUT2D eigenvalue weighted by Crippen LogP contribution is 2.25. The Bertz CT molecular complexity index is 1250. The Morgan fingerprint density at radius 3 is 2.45 bits per heavy atom. The van der Waals surface area contributed by atoms with Crippen LogP contribution in [0.5, 0.6) is 0 Å². The molecule has 0 spiro atoms. The van der Waals surface area contributed by atoms with Crippen molar-refractivity contribution in [3.05, 3.63) is 70.0 Å². The number of benzene rings is 2. The van der Waals surface area contributed by atoms with Gasteiger partial charge in [0.1, 0.15) is 11.9 Å². The molecule has 4 N–H and O–H groups in total. The van der Waals surface area contributed by atoms with E-state index < -0.39 is 35.5 Å². The number of carbonyl (C=O) groups excluding carboxylic acids is 5. The van der Waals surface area contributed by atoms with Crippen LogP contribution in [-0.4, -0.2) is 58.8 Å². The van der Waals surface area contributed by atoms with Crippen LogP contribution < -0.4 is 16.1 Å². The molecule has 1 aliphatic rings. The number of hydrogen-bond acceptors (Lipinski definition) is 6. The molecule has 0 bridgehead atoms. The molecule has 0 radical (unpaired) electrons. The van der Waals surface area contributed by atoms with Gasteiger partial charge in [-0.15, -0.1) is 0 Å². The zero-order valence-electron chi connectivity index (χ0n) is 21.3. The van der Waals surface area contributed by atoms with E-state index >= 15 is 0 Å². The highest BCUT2D eigenvalue weighted by Gasteiger charge is 2.37. The standard InChI is InChI=1S/C27H31FN4O6/c1-3-5-17-8-9-18(16(2)14-17)10-11-22(33)29-15-21(25(35)31-38)30-23(34)12-13-32-26(36)19-6-4-7-20(28)24(19)27(32)37/h4,6-9,14,21,38H,3,5,10-13,15H2,1-2H3,(H,29,33)(H,30,34)(H,31,35)/t21-/m0/s1. The molecule has 1 aliphatic heterocycles. The van der Waals surface area contributed by atoms with E-state index in [0.29, 0.717) is 6.42 Å². The van der Waals surface area contributed by atoms with Crippen molar-refractivity contribution in [1.82, 2.24) is 21.0 Å². The summed E-state index contributed by atoms with van der Waals surface area (Å²) in [5.74, 6) is -4.41. The predicted octanol–water partition coefficient (Wildman–Crippen LogP) is 1.81. The minimum Gasteiger partial charge on any atom is -0.353 e. The fraction of sp³-hybridized carbons (Fsp3) is 0.370. The van der Waals surface area contributed by atoms with Gasteiger partial charge in [0.15, 0.2) is 0 Å². The van der Waals surface area contributed by atoms with Gasteiger partial charge in [0.05, 0.1) is 11.1 Å². The number of nitrogens with one attached hydrogen (secondary N) is 3. The lowest BCUT2D eigenvalue weighted by Gasteiger charge is -2.19. The van der Waals surface area contributed by atoms with Crippen LogP contribution in [0.4, 0.5) is 4.39 Å². The van der Waals surface area contributed by atoms with Crippen molar-refractivity contribution in [3.8, 4) is 0 Å². The van der Waals surface area contributed by atoms with Crippen molar-refractivity contribution in [2.75, 3.05) is 13.1 Å². The van der Waals surface area contributed by atoms with E-state index in [4.69, 9.17) is 5.21 Å². The molecule has 1 heterocycles. The maximum atomic E-state index is 14.0. The largest absolute Gasteiger partial charge is 0.353 e. The minimum atomic E-state index is -1.30. The average Bonchev–Trinajstić information content (AvgIpc) is 3.14. The summed E-state index contributed by atoms with van der Waals surface area (Å²) in [5.41, 5.74) is 4.38. The number of fused-ring (bicyclic) bond motifs is 1. The fourth-order valence-corrected chi connectivity index (χ4v) is 4.30. The summed E-state index contributed by atoms with van der Waals surface area (Å²) in [6.45, 7) is 3.47. The molecule has 0 saturated heterocycles. The summed E-state index contributed by atoms with van der Waals surface area (Å²) >= 11 is 0. The molecule has 3 rings (SSSR count). The van der Waals surface area contributed by atoms with Crippen LogP contribution in [0.1, 0.15) is 63.6 Å². The second kappa shape index (κ2) is 12.9. The molecule has 2 aromatic carbocycles. The molecule has 11 heteroatoms. The number of carbonyl (C=O) groups is 5. The summed E-state index contributed by atoms with van der Waals surface area (Å²) < 4.78 is 14.0. The van der Waals surface area contributed by atoms with Crippen LogP contribution in [0.25, 0.3) is 0 Å². The number of hydroxylamine groups is 1. The van der Waals surface area contributed by atoms with Crippen LogP contribution in [0.15, 0.2) is 36.4 Å². The van der Waals surface area contributed by atoms with E-state index in [1.165, 1.54) is 23.2 Å². The molecular formula is C27H31FN4O6. The Morgan fingerprint density at radius 1 is 1.03 bits per heavy atom. The van der Waals surface area contributed by atoms with Crippen molar-refractivity contribution in [2.45, 2.75) is 52.0 Å². The number of amides is 5. The molecule has 10 nitrogen and oxygen atoms in total. The van der Waals surface area contributed by atoms with Crippen LogP contribution >= 0.6 is 0 Å². The molecule has 5 amide bonds. The average molecular weight is 527 g/mol. The van der Waals surface area contributed by atoms with Crippen LogP contribution in [-0.2, 0) is 27.2 Å². The van der Waals surface area contributed by atoms with Crippen molar-refractivity contribution in [3.63, 3.8) is 0 Å². The van der Waals surface area contributed by atoms with Gasteiger partial charge < -0.3 is 10.6 Å². The lowest BCUT2D eigenvalue weighted by atomic mass is 9.99. The molecule has 0 aromatic heterocycles. The monoisotopic (exact) mass is 526 g/mol. The van der Waals surface area contributed by atoms with Gasteiger partial charge in [-0.3, -0.25) is 34.1 Å². The van der Waals surface area contributed by atoms with E-state index in [1.54, 1.807) is 0 Å². The van der Waals surface area contributed by atoms with Gasteiger partial charge >= 0.3 is 0 Å². The van der Waals surface area contributed by atoms with Gasteiger partial charge in [-0.1, -0.05) is 37.6 Å². The molecule has 0 saturated carbocycles. The lowest BCUT2D eigenvalue weighted by Crippen LogP contribution is -2.52. The Morgan fingerprint density at radius 2 is 1.79 bits per heavy atom. The maximum Gasteiger partial charge on any atom is 0.267 e. The van der Waals surface area contributed by atoms with Crippen molar-refractivity contribution < 1.29 is 33.6 Å². The van der Waals surface area contributed by atoms with Gasteiger partial charge in [0.2, 0.25) is 11.8 Å². The van der Waals surface area contributed by atoms with Gasteiger partial charge in [0, 0.05) is 25.9 Å². The molecule has 2 aromatic rings. The summed E-state index contributed by atoms with van der Waals surface area (Å²) in [7, 11) is 0. The first-order valence-corrected chi connectivity index (χ1v) is 12.4. The topological polar surface area (TPSA) is 145 Å². The molecule has 202 valence electrons. The smallest absolute Gasteiger partial charge is 0.267 e. The molecule has 38 heavy (non-hydrogen) atoms. The number of rotatable bonds is 12. The Kier molecular flexibility index (Phi) is 9.66. The Hall–Kier alpha value is -4.12. The van der Waals surface area contributed by atoms with E-state index in [1.807, 2.05) is 19.1 Å². The third-order valence-electron chi connectivity index (χ3n) is 6.34. The summed E-state index contributed by atoms with van der Waals surface area (Å²) in [6.07, 6.45) is 2.31. The second-order valence-corrected chi connectivity index (χ2v) is 9.09. The SMILES string of the molecule is CCCc1ccc(CCC(=O)NC[C@H](NC(=O)CCN2C(=O)c3cccc(F)c3C2=O)C(=O)NO)c(C)c1. The molecule has 0 aliphatic carbocycles. The minimum absolute atomic E-state index is 0.0808. The van der Waals surface area contributed by atoms with E-state index in [0.717, 1.165) is 34.9 Å². The zero-order chi connectivity index (χ0) is 27.8. The lowest BCUT2D eigenvalue weighted by molar-refractivity contribution is -0.135. The number of aryl methyl sites for hydroxylation is 3. The van der Waals surface area contributed by atoms with Crippen LogP contribution in [0.3, 0.4) is 0 Å². The first-order chi connectivity index (χ1) is 18.2. The van der Waals surface area contributed by atoms with Crippen molar-refractivity contribution in [2.24, 2.45) is 0 Å². The first kappa shape index (κ1) is 28.5. The quantitative estimate of drug-likeness (QED) is 0.189. The van der Waals surface area contributed by atoms with E-state index in [-0.39, 0.29) is 43.0 Å². The second-order valence-electron chi connectivity index (χ2n) is 9.09. The molecule has 0 fully saturated rings. The zero-order valence-corrected chi connectivity index (χ0v) is 21.3. The van der Waals surface area contributed by atoms with E-state index in [2.05, 4.69) is 23.6 Å². The summed E-state index contributed by atoms with van der Waals surface area (Å²) in [5, 5.41) is 14.0. The van der Waals surface area contributed by atoms with Crippen LogP contribution in [0, 0.1) is 12.7 Å². The van der Waals surface area contributed by atoms with Crippen molar-refractivity contribution in [1.29, 1.82) is 0 Å². The number of hydrogen-bond donors (Lipinski definition) is 4. The van der Waals surface area contributed by atoms with Crippen LogP contribution in [0.2, 0.25) is 0 Å². The number of halogens is 1. The predicted molar refractivity (Wildman–Crippen MR) is 135 cm³/mol. The van der Waals surface area contributed by atoms with E-state index in [9.17, 15) is 28.4 Å². The summed E-state index contributed by atoms with van der Waals surface area (Å²) in [4.78, 5) is 62.4. The number of imide groups is 1. The molecular weight excluding hydrogens is 495 g/mol.